The molecule has 4 rings (SSSR count). The van der Waals surface area contributed by atoms with Gasteiger partial charge in [0.1, 0.15) is 4.88 Å². The fourth-order valence-corrected chi connectivity index (χ4v) is 4.44. The average Bonchev–Trinajstić information content (AvgIpc) is 3.30. The monoisotopic (exact) mass is 413 g/mol. The highest BCUT2D eigenvalue weighted by Gasteiger charge is 2.17. The lowest BCUT2D eigenvalue weighted by molar-refractivity contribution is 0.102. The molecule has 0 saturated carbocycles. The number of carbonyl (C=O) groups is 2. The van der Waals surface area contributed by atoms with Gasteiger partial charge in [0.05, 0.1) is 5.02 Å². The second-order valence-corrected chi connectivity index (χ2v) is 7.89. The Morgan fingerprint density at radius 3 is 2.44 bits per heavy atom. The summed E-state index contributed by atoms with van der Waals surface area (Å²) in [4.78, 5) is 29.2. The van der Waals surface area contributed by atoms with Crippen molar-refractivity contribution in [2.75, 3.05) is 10.6 Å². The van der Waals surface area contributed by atoms with Gasteiger partial charge in [0.15, 0.2) is 5.13 Å². The van der Waals surface area contributed by atoms with Crippen LogP contribution in [-0.2, 0) is 0 Å². The van der Waals surface area contributed by atoms with Gasteiger partial charge < -0.3 is 5.32 Å². The van der Waals surface area contributed by atoms with E-state index < -0.39 is 0 Å². The number of amides is 2. The smallest absolute Gasteiger partial charge is 0.267 e. The normalized spacial score (nSPS) is 10.7. The maximum absolute atomic E-state index is 12.6. The molecule has 0 aliphatic rings. The van der Waals surface area contributed by atoms with E-state index in [9.17, 15) is 9.59 Å². The largest absolute Gasteiger partial charge is 0.321 e. The molecule has 0 saturated heterocycles. The number of thiazole rings is 1. The van der Waals surface area contributed by atoms with Crippen molar-refractivity contribution in [1.82, 2.24) is 4.98 Å². The van der Waals surface area contributed by atoms with E-state index >= 15 is 0 Å². The number of thiophene rings is 1. The first-order valence-corrected chi connectivity index (χ1v) is 9.98. The van der Waals surface area contributed by atoms with Gasteiger partial charge in [-0.1, -0.05) is 29.8 Å². The summed E-state index contributed by atoms with van der Waals surface area (Å²) in [6, 6.07) is 14.3. The first-order valence-electron chi connectivity index (χ1n) is 7.91. The van der Waals surface area contributed by atoms with E-state index in [1.165, 1.54) is 22.7 Å². The van der Waals surface area contributed by atoms with Crippen molar-refractivity contribution in [1.29, 1.82) is 0 Å². The molecule has 134 valence electrons. The molecule has 27 heavy (non-hydrogen) atoms. The highest BCUT2D eigenvalue weighted by atomic mass is 35.5. The molecule has 0 radical (unpaired) electrons. The van der Waals surface area contributed by atoms with Gasteiger partial charge in [-0.25, -0.2) is 4.98 Å². The highest BCUT2D eigenvalue weighted by molar-refractivity contribution is 7.21. The first kappa shape index (κ1) is 17.7. The number of hydrogen-bond acceptors (Lipinski definition) is 5. The number of rotatable bonds is 4. The molecular formula is C19H12ClN3O2S2. The minimum absolute atomic E-state index is 0.254. The van der Waals surface area contributed by atoms with Crippen molar-refractivity contribution in [3.63, 3.8) is 0 Å². The third kappa shape index (κ3) is 3.71. The van der Waals surface area contributed by atoms with Crippen LogP contribution in [0.25, 0.3) is 10.1 Å². The number of hydrogen-bond donors (Lipinski definition) is 2. The van der Waals surface area contributed by atoms with Gasteiger partial charge in [-0.05, 0) is 30.3 Å². The third-order valence-electron chi connectivity index (χ3n) is 3.80. The molecule has 5 nitrogen and oxygen atoms in total. The second kappa shape index (κ2) is 7.48. The zero-order valence-electron chi connectivity index (χ0n) is 13.7. The molecule has 2 N–H and O–H groups in total. The number of nitrogens with zero attached hydrogens (tertiary/aromatic N) is 1. The highest BCUT2D eigenvalue weighted by Crippen LogP contribution is 2.35. The van der Waals surface area contributed by atoms with E-state index in [1.54, 1.807) is 35.8 Å². The molecular weight excluding hydrogens is 402 g/mol. The summed E-state index contributed by atoms with van der Waals surface area (Å²) in [5.74, 6) is -0.531. The first-order chi connectivity index (χ1) is 13.1. The minimum atomic E-state index is -0.277. The molecule has 0 aliphatic carbocycles. The maximum atomic E-state index is 12.6. The van der Waals surface area contributed by atoms with Crippen molar-refractivity contribution in [3.05, 3.63) is 75.6 Å². The summed E-state index contributed by atoms with van der Waals surface area (Å²) in [5.41, 5.74) is 1.06. The molecule has 2 amide bonds. The molecule has 2 aromatic carbocycles. The molecule has 2 aromatic heterocycles. The van der Waals surface area contributed by atoms with Crippen LogP contribution in [0.3, 0.4) is 0 Å². The van der Waals surface area contributed by atoms with Crippen molar-refractivity contribution in [3.8, 4) is 0 Å². The SMILES string of the molecule is O=C(Nc1nccs1)c1ccc(NC(=O)c2sc3ccccc3c2Cl)cc1. The zero-order chi connectivity index (χ0) is 18.8. The molecule has 0 bridgehead atoms. The summed E-state index contributed by atoms with van der Waals surface area (Å²) < 4.78 is 0.960. The molecule has 0 unspecified atom stereocenters. The van der Waals surface area contributed by atoms with Gasteiger partial charge in [-0.3, -0.25) is 14.9 Å². The van der Waals surface area contributed by atoms with E-state index in [0.717, 1.165) is 10.1 Å². The Morgan fingerprint density at radius 2 is 1.74 bits per heavy atom. The molecule has 0 atom stereocenters. The van der Waals surface area contributed by atoms with Gasteiger partial charge in [0.2, 0.25) is 0 Å². The van der Waals surface area contributed by atoms with Gasteiger partial charge in [-0.15, -0.1) is 22.7 Å². The summed E-state index contributed by atoms with van der Waals surface area (Å²) in [7, 11) is 0. The van der Waals surface area contributed by atoms with E-state index in [2.05, 4.69) is 15.6 Å². The van der Waals surface area contributed by atoms with Crippen LogP contribution in [0.2, 0.25) is 5.02 Å². The Hall–Kier alpha value is -2.74. The average molecular weight is 414 g/mol. The summed E-state index contributed by atoms with van der Waals surface area (Å²) in [6.45, 7) is 0. The van der Waals surface area contributed by atoms with Crippen LogP contribution in [0.1, 0.15) is 20.0 Å². The molecule has 0 aliphatic heterocycles. The van der Waals surface area contributed by atoms with Gasteiger partial charge >= 0.3 is 0 Å². The molecule has 8 heteroatoms. The molecule has 0 spiro atoms. The van der Waals surface area contributed by atoms with Crippen molar-refractivity contribution in [2.24, 2.45) is 0 Å². The van der Waals surface area contributed by atoms with E-state index in [-0.39, 0.29) is 11.8 Å². The number of halogens is 1. The van der Waals surface area contributed by atoms with Crippen LogP contribution >= 0.6 is 34.3 Å². The lowest BCUT2D eigenvalue weighted by Crippen LogP contribution is -2.13. The Kier molecular flexibility index (Phi) is 4.89. The van der Waals surface area contributed by atoms with Crippen LogP contribution < -0.4 is 10.6 Å². The van der Waals surface area contributed by atoms with Crippen molar-refractivity contribution < 1.29 is 9.59 Å². The summed E-state index contributed by atoms with van der Waals surface area (Å²) in [6.07, 6.45) is 1.62. The quantitative estimate of drug-likeness (QED) is 0.463. The number of carbonyl (C=O) groups excluding carboxylic acids is 2. The lowest BCUT2D eigenvalue weighted by atomic mass is 10.2. The van der Waals surface area contributed by atoms with E-state index in [0.29, 0.717) is 26.3 Å². The zero-order valence-corrected chi connectivity index (χ0v) is 16.1. The number of aromatic nitrogens is 1. The van der Waals surface area contributed by atoms with Crippen LogP contribution in [0.15, 0.2) is 60.1 Å². The van der Waals surface area contributed by atoms with E-state index in [4.69, 9.17) is 11.6 Å². The fraction of sp³-hybridized carbons (Fsp3) is 0. The third-order valence-corrected chi connectivity index (χ3v) is 6.16. The molecule has 0 fully saturated rings. The van der Waals surface area contributed by atoms with Crippen molar-refractivity contribution >= 4 is 67.0 Å². The Bertz CT molecular complexity index is 1120. The van der Waals surface area contributed by atoms with Gasteiger partial charge in [0.25, 0.3) is 11.8 Å². The Balaban J connectivity index is 1.48. The predicted octanol–water partition coefficient (Wildman–Crippen LogP) is 5.52. The minimum Gasteiger partial charge on any atom is -0.321 e. The van der Waals surface area contributed by atoms with Gasteiger partial charge in [0, 0.05) is 32.9 Å². The summed E-state index contributed by atoms with van der Waals surface area (Å²) in [5, 5.41) is 9.17. The Morgan fingerprint density at radius 1 is 0.963 bits per heavy atom. The van der Waals surface area contributed by atoms with Crippen LogP contribution in [-0.4, -0.2) is 16.8 Å². The number of fused-ring (bicyclic) bond motifs is 1. The fourth-order valence-electron chi connectivity index (χ4n) is 2.51. The van der Waals surface area contributed by atoms with Crippen LogP contribution in [0, 0.1) is 0 Å². The number of anilines is 2. The van der Waals surface area contributed by atoms with Crippen LogP contribution in [0.5, 0.6) is 0 Å². The summed E-state index contributed by atoms with van der Waals surface area (Å²) >= 11 is 9.04. The van der Waals surface area contributed by atoms with E-state index in [1.807, 2.05) is 24.3 Å². The standard InChI is InChI=1S/C19H12ClN3O2S2/c20-15-13-3-1-2-4-14(13)27-16(15)18(25)22-12-7-5-11(6-8-12)17(24)23-19-21-9-10-26-19/h1-10H,(H,22,25)(H,21,23,24). The molecule has 2 heterocycles. The number of benzene rings is 2. The van der Waals surface area contributed by atoms with Crippen molar-refractivity contribution in [2.45, 2.75) is 0 Å². The molecule has 4 aromatic rings. The van der Waals surface area contributed by atoms with Gasteiger partial charge in [-0.2, -0.15) is 0 Å². The predicted molar refractivity (Wildman–Crippen MR) is 111 cm³/mol. The lowest BCUT2D eigenvalue weighted by Gasteiger charge is -2.06. The van der Waals surface area contributed by atoms with Crippen LogP contribution in [0.4, 0.5) is 10.8 Å². The maximum Gasteiger partial charge on any atom is 0.267 e. The Labute approximate surface area is 167 Å². The number of nitrogens with one attached hydrogen (secondary N) is 2. The topological polar surface area (TPSA) is 71.1 Å². The second-order valence-electron chi connectivity index (χ2n) is 5.56.